The van der Waals surface area contributed by atoms with Crippen LogP contribution >= 0.6 is 0 Å². The van der Waals surface area contributed by atoms with Gasteiger partial charge in [0.2, 0.25) is 5.91 Å². The van der Waals surface area contributed by atoms with Gasteiger partial charge in [0.1, 0.15) is 0 Å². The molecule has 2 N–H and O–H groups in total. The number of rotatable bonds is 5. The summed E-state index contributed by atoms with van der Waals surface area (Å²) in [6, 6.07) is 8.82. The number of phenolic OH excluding ortho intramolecular Hbond substituents is 1. The number of anilines is 1. The molecular formula is C19H21NO5. The Morgan fingerprint density at radius 2 is 1.84 bits per heavy atom. The first-order valence-electron chi connectivity index (χ1n) is 8.08. The van der Waals surface area contributed by atoms with E-state index in [0.29, 0.717) is 36.0 Å². The van der Waals surface area contributed by atoms with E-state index in [1.165, 1.54) is 0 Å². The van der Waals surface area contributed by atoms with Crippen molar-refractivity contribution in [1.29, 1.82) is 0 Å². The maximum Gasteiger partial charge on any atom is 0.225 e. The molecule has 0 saturated heterocycles. The quantitative estimate of drug-likeness (QED) is 0.871. The first-order valence-corrected chi connectivity index (χ1v) is 8.08. The van der Waals surface area contributed by atoms with Crippen LogP contribution in [0.3, 0.4) is 0 Å². The molecule has 2 aromatic rings. The fourth-order valence-electron chi connectivity index (χ4n) is 3.10. The molecule has 1 aliphatic heterocycles. The lowest BCUT2D eigenvalue weighted by Gasteiger charge is -2.27. The lowest BCUT2D eigenvalue weighted by molar-refractivity contribution is -0.116. The van der Waals surface area contributed by atoms with E-state index in [4.69, 9.17) is 14.2 Å². The number of benzene rings is 2. The van der Waals surface area contributed by atoms with E-state index < -0.39 is 0 Å². The maximum absolute atomic E-state index is 12.2. The molecule has 0 saturated carbocycles. The maximum atomic E-state index is 12.2. The Hall–Kier alpha value is -2.89. The summed E-state index contributed by atoms with van der Waals surface area (Å²) in [6.07, 6.45) is 0.304. The van der Waals surface area contributed by atoms with E-state index in [1.807, 2.05) is 19.1 Å². The Kier molecular flexibility index (Phi) is 4.70. The average molecular weight is 343 g/mol. The van der Waals surface area contributed by atoms with Gasteiger partial charge in [-0.25, -0.2) is 0 Å². The second-order valence-electron chi connectivity index (χ2n) is 5.76. The van der Waals surface area contributed by atoms with E-state index in [9.17, 15) is 9.90 Å². The van der Waals surface area contributed by atoms with Gasteiger partial charge in [-0.2, -0.15) is 0 Å². The molecule has 25 heavy (non-hydrogen) atoms. The number of amides is 1. The van der Waals surface area contributed by atoms with Crippen molar-refractivity contribution in [3.8, 4) is 23.0 Å². The van der Waals surface area contributed by atoms with Crippen molar-refractivity contribution in [2.24, 2.45) is 0 Å². The fourth-order valence-corrected chi connectivity index (χ4v) is 3.10. The van der Waals surface area contributed by atoms with E-state index in [1.54, 1.807) is 32.4 Å². The molecule has 1 amide bonds. The minimum Gasteiger partial charge on any atom is -0.504 e. The lowest BCUT2D eigenvalue weighted by Crippen LogP contribution is -2.23. The van der Waals surface area contributed by atoms with E-state index in [-0.39, 0.29) is 17.6 Å². The van der Waals surface area contributed by atoms with Crippen LogP contribution < -0.4 is 19.5 Å². The third-order valence-electron chi connectivity index (χ3n) is 4.28. The minimum absolute atomic E-state index is 0.0734. The molecule has 2 aromatic carbocycles. The molecule has 6 heteroatoms. The van der Waals surface area contributed by atoms with Crippen LogP contribution in [0.15, 0.2) is 30.3 Å². The van der Waals surface area contributed by atoms with Crippen LogP contribution in [-0.2, 0) is 4.79 Å². The minimum atomic E-state index is -0.164. The highest BCUT2D eigenvalue weighted by molar-refractivity contribution is 5.96. The van der Waals surface area contributed by atoms with E-state index in [0.717, 1.165) is 11.1 Å². The van der Waals surface area contributed by atoms with Gasteiger partial charge in [-0.05, 0) is 36.2 Å². The molecule has 132 valence electrons. The zero-order valence-corrected chi connectivity index (χ0v) is 14.5. The van der Waals surface area contributed by atoms with Crippen LogP contribution in [0.1, 0.15) is 30.4 Å². The van der Waals surface area contributed by atoms with Gasteiger partial charge in [-0.1, -0.05) is 6.07 Å². The molecule has 0 fully saturated rings. The summed E-state index contributed by atoms with van der Waals surface area (Å²) in [6.45, 7) is 2.30. The molecule has 6 nitrogen and oxygen atoms in total. The molecule has 3 rings (SSSR count). The highest BCUT2D eigenvalue weighted by Gasteiger charge is 2.29. The van der Waals surface area contributed by atoms with Gasteiger partial charge in [-0.15, -0.1) is 0 Å². The van der Waals surface area contributed by atoms with Crippen LogP contribution in [0, 0.1) is 0 Å². The Balaban J connectivity index is 2.10. The molecule has 1 atom stereocenters. The van der Waals surface area contributed by atoms with Crippen molar-refractivity contribution in [3.05, 3.63) is 41.5 Å². The van der Waals surface area contributed by atoms with Crippen LogP contribution in [0.5, 0.6) is 23.0 Å². The Bertz CT molecular complexity index is 803. The predicted octanol–water partition coefficient (Wildman–Crippen LogP) is 3.28. The summed E-state index contributed by atoms with van der Waals surface area (Å²) >= 11 is 0. The van der Waals surface area contributed by atoms with Crippen molar-refractivity contribution in [2.45, 2.75) is 19.3 Å². The van der Waals surface area contributed by atoms with Crippen molar-refractivity contribution in [2.75, 3.05) is 26.1 Å². The highest BCUT2D eigenvalue weighted by Crippen LogP contribution is 2.44. The smallest absolute Gasteiger partial charge is 0.225 e. The first-order chi connectivity index (χ1) is 12.1. The number of phenols is 1. The summed E-state index contributed by atoms with van der Waals surface area (Å²) < 4.78 is 16.2. The number of fused-ring (bicyclic) bond motifs is 1. The Morgan fingerprint density at radius 1 is 1.12 bits per heavy atom. The number of nitrogens with one attached hydrogen (secondary N) is 1. The average Bonchev–Trinajstić information content (AvgIpc) is 2.62. The molecule has 0 spiro atoms. The van der Waals surface area contributed by atoms with Gasteiger partial charge in [0, 0.05) is 24.1 Å². The zero-order chi connectivity index (χ0) is 18.0. The molecule has 0 aliphatic carbocycles. The van der Waals surface area contributed by atoms with Crippen molar-refractivity contribution in [3.63, 3.8) is 0 Å². The van der Waals surface area contributed by atoms with Crippen molar-refractivity contribution >= 4 is 11.6 Å². The molecule has 1 aliphatic rings. The van der Waals surface area contributed by atoms with Crippen LogP contribution in [0.4, 0.5) is 5.69 Å². The third-order valence-corrected chi connectivity index (χ3v) is 4.28. The number of carbonyl (C=O) groups is 1. The number of hydrogen-bond donors (Lipinski definition) is 2. The number of aromatic hydroxyl groups is 1. The third kappa shape index (κ3) is 3.20. The molecule has 0 aromatic heterocycles. The molecular weight excluding hydrogens is 322 g/mol. The lowest BCUT2D eigenvalue weighted by atomic mass is 9.84. The van der Waals surface area contributed by atoms with Crippen molar-refractivity contribution in [1.82, 2.24) is 0 Å². The van der Waals surface area contributed by atoms with E-state index in [2.05, 4.69) is 5.32 Å². The van der Waals surface area contributed by atoms with Crippen molar-refractivity contribution < 1.29 is 24.1 Å². The largest absolute Gasteiger partial charge is 0.504 e. The molecule has 0 radical (unpaired) electrons. The van der Waals surface area contributed by atoms with Crippen LogP contribution in [0.25, 0.3) is 0 Å². The highest BCUT2D eigenvalue weighted by atomic mass is 16.5. The van der Waals surface area contributed by atoms with Gasteiger partial charge in [0.15, 0.2) is 23.0 Å². The van der Waals surface area contributed by atoms with E-state index >= 15 is 0 Å². The zero-order valence-electron chi connectivity index (χ0n) is 14.5. The number of ether oxygens (including phenoxy) is 3. The topological polar surface area (TPSA) is 77.0 Å². The Labute approximate surface area is 146 Å². The second kappa shape index (κ2) is 6.93. The van der Waals surface area contributed by atoms with Gasteiger partial charge in [0.05, 0.1) is 20.8 Å². The van der Waals surface area contributed by atoms with Gasteiger partial charge < -0.3 is 24.6 Å². The SMILES string of the molecule is CCOc1cc(C2CC(=O)Nc3cc(OC)c(OC)cc32)ccc1O. The fraction of sp³-hybridized carbons (Fsp3) is 0.316. The summed E-state index contributed by atoms with van der Waals surface area (Å²) in [7, 11) is 3.13. The van der Waals surface area contributed by atoms with Gasteiger partial charge >= 0.3 is 0 Å². The molecule has 0 bridgehead atoms. The van der Waals surface area contributed by atoms with Crippen LogP contribution in [0.2, 0.25) is 0 Å². The predicted molar refractivity (Wildman–Crippen MR) is 93.9 cm³/mol. The summed E-state index contributed by atoms with van der Waals surface area (Å²) in [5, 5.41) is 12.8. The Morgan fingerprint density at radius 3 is 2.52 bits per heavy atom. The standard InChI is InChI=1S/C19H21NO5/c1-4-25-16-7-11(5-6-15(16)21)12-9-19(22)20-14-10-18(24-3)17(23-2)8-13(12)14/h5-8,10,12,21H,4,9H2,1-3H3,(H,20,22). The van der Waals surface area contributed by atoms with Gasteiger partial charge in [0.25, 0.3) is 0 Å². The summed E-state index contributed by atoms with van der Waals surface area (Å²) in [5.41, 5.74) is 2.53. The number of methoxy groups -OCH3 is 2. The summed E-state index contributed by atoms with van der Waals surface area (Å²) in [5.74, 6) is 1.42. The van der Waals surface area contributed by atoms with Gasteiger partial charge in [-0.3, -0.25) is 4.79 Å². The second-order valence-corrected chi connectivity index (χ2v) is 5.76. The monoisotopic (exact) mass is 343 g/mol. The first kappa shape index (κ1) is 17.0. The number of carbonyl (C=O) groups excluding carboxylic acids is 1. The molecule has 1 heterocycles. The van der Waals surface area contributed by atoms with Crippen LogP contribution in [-0.4, -0.2) is 31.8 Å². The summed E-state index contributed by atoms with van der Waals surface area (Å²) in [4.78, 5) is 12.2. The number of hydrogen-bond acceptors (Lipinski definition) is 5. The normalized spacial score (nSPS) is 16.0. The molecule has 1 unspecified atom stereocenters.